The summed E-state index contributed by atoms with van der Waals surface area (Å²) in [6.07, 6.45) is 1.19. The van der Waals surface area contributed by atoms with E-state index in [1.807, 2.05) is 54.2 Å². The topological polar surface area (TPSA) is 84.8 Å². The number of carbonyl (C=O) groups is 1. The zero-order valence-electron chi connectivity index (χ0n) is 16.2. The molecule has 0 aliphatic rings. The van der Waals surface area contributed by atoms with Gasteiger partial charge >= 0.3 is 6.03 Å². The van der Waals surface area contributed by atoms with Crippen LogP contribution >= 0.6 is 0 Å². The van der Waals surface area contributed by atoms with Gasteiger partial charge in [-0.15, -0.1) is 0 Å². The maximum Gasteiger partial charge on any atom is 0.315 e. The van der Waals surface area contributed by atoms with E-state index >= 15 is 0 Å². The molecular formula is C21H25N3O4. The molecule has 0 unspecified atom stereocenters. The summed E-state index contributed by atoms with van der Waals surface area (Å²) in [7, 11) is 5.11. The number of ether oxygens (including phenoxy) is 2. The van der Waals surface area contributed by atoms with E-state index in [0.29, 0.717) is 18.0 Å². The van der Waals surface area contributed by atoms with Gasteiger partial charge in [-0.05, 0) is 46.8 Å². The molecule has 3 aromatic rings. The van der Waals surface area contributed by atoms with E-state index < -0.39 is 6.10 Å². The van der Waals surface area contributed by atoms with E-state index in [9.17, 15) is 9.90 Å². The molecule has 0 saturated carbocycles. The third-order valence-electron chi connectivity index (χ3n) is 4.65. The zero-order valence-corrected chi connectivity index (χ0v) is 16.2. The molecule has 2 amide bonds. The van der Waals surface area contributed by atoms with E-state index in [1.165, 1.54) is 0 Å². The second kappa shape index (κ2) is 8.67. The van der Waals surface area contributed by atoms with Crippen molar-refractivity contribution in [1.82, 2.24) is 15.2 Å². The normalized spacial score (nSPS) is 11.9. The Morgan fingerprint density at radius 3 is 2.61 bits per heavy atom. The minimum absolute atomic E-state index is 0.121. The Balaban J connectivity index is 1.52. The number of benzene rings is 2. The largest absolute Gasteiger partial charge is 0.493 e. The van der Waals surface area contributed by atoms with Crippen molar-refractivity contribution in [3.63, 3.8) is 0 Å². The third-order valence-corrected chi connectivity index (χ3v) is 4.65. The van der Waals surface area contributed by atoms with Crippen LogP contribution in [0.3, 0.4) is 0 Å². The molecule has 1 atom stereocenters. The number of aliphatic hydroxyl groups is 1. The number of carbonyl (C=O) groups excluding carboxylic acids is 1. The van der Waals surface area contributed by atoms with Crippen LogP contribution < -0.4 is 20.1 Å². The van der Waals surface area contributed by atoms with Gasteiger partial charge in [0.25, 0.3) is 0 Å². The summed E-state index contributed by atoms with van der Waals surface area (Å²) in [4.78, 5) is 12.1. The van der Waals surface area contributed by atoms with Gasteiger partial charge in [0.2, 0.25) is 0 Å². The van der Waals surface area contributed by atoms with Gasteiger partial charge in [0.05, 0.1) is 20.3 Å². The van der Waals surface area contributed by atoms with E-state index in [1.54, 1.807) is 20.3 Å². The van der Waals surface area contributed by atoms with Gasteiger partial charge in [-0.1, -0.05) is 12.1 Å². The van der Waals surface area contributed by atoms with Crippen molar-refractivity contribution >= 4 is 16.9 Å². The van der Waals surface area contributed by atoms with Crippen LogP contribution in [-0.4, -0.2) is 36.5 Å². The molecule has 0 aliphatic carbocycles. The number of nitrogens with one attached hydrogen (secondary N) is 2. The van der Waals surface area contributed by atoms with Crippen LogP contribution in [0.4, 0.5) is 4.79 Å². The van der Waals surface area contributed by atoms with Crippen molar-refractivity contribution in [3.05, 3.63) is 59.8 Å². The standard InChI is InChI=1S/C21H25N3O4/c1-24-9-8-15-11-16(5-6-17(15)24)18(25)13-23-21(26)22-12-14-4-7-19(27-2)20(10-14)28-3/h4-11,18,25H,12-13H2,1-3H3,(H2,22,23,26)/t18-/m0/s1. The quantitative estimate of drug-likeness (QED) is 0.586. The Labute approximate surface area is 163 Å². The summed E-state index contributed by atoms with van der Waals surface area (Å²) in [5.74, 6) is 1.24. The molecule has 7 heteroatoms. The number of amides is 2. The fourth-order valence-corrected chi connectivity index (χ4v) is 3.05. The summed E-state index contributed by atoms with van der Waals surface area (Å²) in [5, 5.41) is 16.9. The van der Waals surface area contributed by atoms with Crippen LogP contribution in [0.25, 0.3) is 10.9 Å². The molecule has 28 heavy (non-hydrogen) atoms. The van der Waals surface area contributed by atoms with Gasteiger partial charge < -0.3 is 29.8 Å². The number of rotatable bonds is 7. The fraction of sp³-hybridized carbons (Fsp3) is 0.286. The van der Waals surface area contributed by atoms with Crippen molar-refractivity contribution in [2.24, 2.45) is 7.05 Å². The van der Waals surface area contributed by atoms with Crippen LogP contribution in [0.5, 0.6) is 11.5 Å². The van der Waals surface area contributed by atoms with Gasteiger partial charge in [-0.3, -0.25) is 0 Å². The average molecular weight is 383 g/mol. The molecule has 3 rings (SSSR count). The van der Waals surface area contributed by atoms with Crippen molar-refractivity contribution in [1.29, 1.82) is 0 Å². The van der Waals surface area contributed by atoms with Crippen LogP contribution in [0.1, 0.15) is 17.2 Å². The highest BCUT2D eigenvalue weighted by Crippen LogP contribution is 2.27. The van der Waals surface area contributed by atoms with Crippen LogP contribution in [0.2, 0.25) is 0 Å². The molecule has 0 bridgehead atoms. The third kappa shape index (κ3) is 4.37. The highest BCUT2D eigenvalue weighted by atomic mass is 16.5. The first-order valence-corrected chi connectivity index (χ1v) is 8.97. The summed E-state index contributed by atoms with van der Waals surface area (Å²) < 4.78 is 12.5. The average Bonchev–Trinajstić information content (AvgIpc) is 3.10. The lowest BCUT2D eigenvalue weighted by Crippen LogP contribution is -2.37. The van der Waals surface area contributed by atoms with Gasteiger partial charge in [0.15, 0.2) is 11.5 Å². The monoisotopic (exact) mass is 383 g/mol. The number of urea groups is 1. The molecule has 0 aliphatic heterocycles. The molecule has 7 nitrogen and oxygen atoms in total. The SMILES string of the molecule is COc1ccc(CNC(=O)NC[C@H](O)c2ccc3c(ccn3C)c2)cc1OC. The lowest BCUT2D eigenvalue weighted by atomic mass is 10.1. The summed E-state index contributed by atoms with van der Waals surface area (Å²) in [6, 6.07) is 12.9. The molecule has 3 N–H and O–H groups in total. The molecule has 0 fully saturated rings. The zero-order chi connectivity index (χ0) is 20.1. The van der Waals surface area contributed by atoms with Crippen molar-refractivity contribution in [2.45, 2.75) is 12.6 Å². The van der Waals surface area contributed by atoms with Crippen molar-refractivity contribution in [2.75, 3.05) is 20.8 Å². The highest BCUT2D eigenvalue weighted by molar-refractivity contribution is 5.81. The number of aryl methyl sites for hydroxylation is 1. The molecule has 0 spiro atoms. The molecule has 148 valence electrons. The first-order valence-electron chi connectivity index (χ1n) is 8.97. The summed E-state index contributed by atoms with van der Waals surface area (Å²) >= 11 is 0. The van der Waals surface area contributed by atoms with Gasteiger partial charge in [-0.2, -0.15) is 0 Å². The Bertz CT molecular complexity index is 967. The molecule has 1 aromatic heterocycles. The lowest BCUT2D eigenvalue weighted by molar-refractivity contribution is 0.173. The van der Waals surface area contributed by atoms with E-state index in [-0.39, 0.29) is 12.6 Å². The Hall–Kier alpha value is -3.19. The summed E-state index contributed by atoms with van der Waals surface area (Å²) in [5.41, 5.74) is 2.73. The number of hydrogen-bond donors (Lipinski definition) is 3. The first kappa shape index (κ1) is 19.6. The predicted molar refractivity (Wildman–Crippen MR) is 108 cm³/mol. The minimum Gasteiger partial charge on any atom is -0.493 e. The van der Waals surface area contributed by atoms with E-state index in [4.69, 9.17) is 9.47 Å². The molecule has 0 radical (unpaired) electrons. The number of aliphatic hydroxyl groups excluding tert-OH is 1. The minimum atomic E-state index is -0.781. The number of aromatic nitrogens is 1. The van der Waals surface area contributed by atoms with E-state index in [2.05, 4.69) is 10.6 Å². The predicted octanol–water partition coefficient (Wildman–Crippen LogP) is 2.73. The molecule has 2 aromatic carbocycles. The summed E-state index contributed by atoms with van der Waals surface area (Å²) in [6.45, 7) is 0.453. The van der Waals surface area contributed by atoms with Crippen LogP contribution in [0, 0.1) is 0 Å². The van der Waals surface area contributed by atoms with Crippen LogP contribution in [0.15, 0.2) is 48.7 Å². The highest BCUT2D eigenvalue weighted by Gasteiger charge is 2.11. The molecular weight excluding hydrogens is 358 g/mol. The van der Waals surface area contributed by atoms with Gasteiger partial charge in [-0.25, -0.2) is 4.79 Å². The van der Waals surface area contributed by atoms with Crippen molar-refractivity contribution in [3.8, 4) is 11.5 Å². The van der Waals surface area contributed by atoms with Crippen LogP contribution in [-0.2, 0) is 13.6 Å². The van der Waals surface area contributed by atoms with Crippen molar-refractivity contribution < 1.29 is 19.4 Å². The maximum absolute atomic E-state index is 12.1. The van der Waals surface area contributed by atoms with Gasteiger partial charge in [0.1, 0.15) is 0 Å². The number of fused-ring (bicyclic) bond motifs is 1. The second-order valence-electron chi connectivity index (χ2n) is 6.51. The Kier molecular flexibility index (Phi) is 6.06. The Morgan fingerprint density at radius 2 is 1.86 bits per heavy atom. The molecule has 1 heterocycles. The molecule has 0 saturated heterocycles. The van der Waals surface area contributed by atoms with E-state index in [0.717, 1.165) is 22.0 Å². The smallest absolute Gasteiger partial charge is 0.315 e. The first-order chi connectivity index (χ1) is 13.5. The maximum atomic E-state index is 12.1. The number of methoxy groups -OCH3 is 2. The number of nitrogens with zero attached hydrogens (tertiary/aromatic N) is 1. The van der Waals surface area contributed by atoms with Gasteiger partial charge in [0, 0.05) is 31.9 Å². The fourth-order valence-electron chi connectivity index (χ4n) is 3.05. The Morgan fingerprint density at radius 1 is 1.07 bits per heavy atom. The second-order valence-corrected chi connectivity index (χ2v) is 6.51. The lowest BCUT2D eigenvalue weighted by Gasteiger charge is -2.14. The number of hydrogen-bond acceptors (Lipinski definition) is 4.